The van der Waals surface area contributed by atoms with Crippen molar-refractivity contribution >= 4 is 11.9 Å². The summed E-state index contributed by atoms with van der Waals surface area (Å²) in [6, 6.07) is 1.23. The van der Waals surface area contributed by atoms with Crippen LogP contribution in [0.3, 0.4) is 0 Å². The highest BCUT2D eigenvalue weighted by atomic mass is 16.5. The van der Waals surface area contributed by atoms with Crippen molar-refractivity contribution in [3.63, 3.8) is 0 Å². The minimum atomic E-state index is -0.835. The second-order valence-electron chi connectivity index (χ2n) is 4.86. The Morgan fingerprint density at radius 3 is 2.53 bits per heavy atom. The van der Waals surface area contributed by atoms with Gasteiger partial charge in [-0.25, -0.2) is 4.79 Å². The van der Waals surface area contributed by atoms with E-state index in [1.807, 2.05) is 13.8 Å². The lowest BCUT2D eigenvalue weighted by atomic mass is 9.93. The highest BCUT2D eigenvalue weighted by Gasteiger charge is 2.25. The number of aliphatic hydroxyl groups is 1. The minimum Gasteiger partial charge on any atom is -0.388 e. The molecule has 1 aromatic rings. The topological polar surface area (TPSA) is 87.4 Å². The zero-order chi connectivity index (χ0) is 14.3. The number of aromatic nitrogens is 1. The fourth-order valence-electron chi connectivity index (χ4n) is 2.06. The van der Waals surface area contributed by atoms with Crippen LogP contribution in [0.2, 0.25) is 0 Å². The van der Waals surface area contributed by atoms with Crippen molar-refractivity contribution in [3.05, 3.63) is 11.8 Å². The maximum atomic E-state index is 11.7. The summed E-state index contributed by atoms with van der Waals surface area (Å²) in [5, 5.41) is 19.2. The smallest absolute Gasteiger partial charge is 0.321 e. The molecule has 0 saturated carbocycles. The molecule has 0 aliphatic rings. The van der Waals surface area contributed by atoms with Crippen LogP contribution in [0.4, 0.5) is 10.7 Å². The molecule has 0 saturated heterocycles. The summed E-state index contributed by atoms with van der Waals surface area (Å²) in [5.74, 6) is 0.296. The second kappa shape index (κ2) is 7.13. The predicted octanol–water partition coefficient (Wildman–Crippen LogP) is 2.44. The first kappa shape index (κ1) is 15.5. The summed E-state index contributed by atoms with van der Waals surface area (Å²) in [4.78, 5) is 11.7. The Bertz CT molecular complexity index is 398. The van der Waals surface area contributed by atoms with E-state index >= 15 is 0 Å². The Morgan fingerprint density at radius 1 is 1.42 bits per heavy atom. The van der Waals surface area contributed by atoms with Gasteiger partial charge >= 0.3 is 6.03 Å². The number of aryl methyl sites for hydroxylation is 1. The van der Waals surface area contributed by atoms with Gasteiger partial charge in [0.05, 0.1) is 11.3 Å². The van der Waals surface area contributed by atoms with E-state index in [4.69, 9.17) is 4.52 Å². The second-order valence-corrected chi connectivity index (χ2v) is 4.86. The number of nitrogens with zero attached hydrogens (tertiary/aromatic N) is 1. The van der Waals surface area contributed by atoms with Gasteiger partial charge in [-0.15, -0.1) is 0 Å². The molecule has 19 heavy (non-hydrogen) atoms. The molecule has 0 atom stereocenters. The molecule has 3 N–H and O–H groups in total. The molecule has 108 valence electrons. The third-order valence-electron chi connectivity index (χ3n) is 2.87. The van der Waals surface area contributed by atoms with Crippen LogP contribution < -0.4 is 10.6 Å². The molecule has 0 radical (unpaired) electrons. The number of urea groups is 1. The summed E-state index contributed by atoms with van der Waals surface area (Å²) >= 11 is 0. The lowest BCUT2D eigenvalue weighted by molar-refractivity contribution is 0.0245. The number of anilines is 1. The molecule has 1 aromatic heterocycles. The number of amides is 2. The maximum Gasteiger partial charge on any atom is 0.321 e. The van der Waals surface area contributed by atoms with E-state index in [1.54, 1.807) is 13.0 Å². The van der Waals surface area contributed by atoms with Crippen molar-refractivity contribution in [3.8, 4) is 0 Å². The fraction of sp³-hybridized carbons (Fsp3) is 0.692. The van der Waals surface area contributed by atoms with E-state index in [0.29, 0.717) is 24.4 Å². The van der Waals surface area contributed by atoms with Crippen LogP contribution in [0.15, 0.2) is 10.6 Å². The monoisotopic (exact) mass is 269 g/mol. The van der Waals surface area contributed by atoms with E-state index < -0.39 is 11.6 Å². The summed E-state index contributed by atoms with van der Waals surface area (Å²) in [6.07, 6.45) is 3.09. The van der Waals surface area contributed by atoms with Crippen molar-refractivity contribution in [2.24, 2.45) is 0 Å². The number of rotatable bonds is 7. The van der Waals surface area contributed by atoms with Gasteiger partial charge in [0.25, 0.3) is 0 Å². The summed E-state index contributed by atoms with van der Waals surface area (Å²) in [6.45, 7) is 6.03. The van der Waals surface area contributed by atoms with Crippen LogP contribution in [0, 0.1) is 6.92 Å². The van der Waals surface area contributed by atoms with Crippen LogP contribution in [0.25, 0.3) is 0 Å². The molecule has 0 aliphatic heterocycles. The molecule has 6 nitrogen and oxygen atoms in total. The first-order chi connectivity index (χ1) is 8.99. The Hall–Kier alpha value is -1.56. The molecule has 0 spiro atoms. The standard InChI is InChI=1S/C13H23N3O3/c1-4-6-13(18,7-5-2)9-14-12(17)15-11-8-10(3)16-19-11/h8,18H,4-7,9H2,1-3H3,(H2,14,15,17). The molecule has 0 aromatic carbocycles. The highest BCUT2D eigenvalue weighted by molar-refractivity contribution is 5.87. The van der Waals surface area contributed by atoms with Gasteiger partial charge in [0.2, 0.25) is 5.88 Å². The molecular weight excluding hydrogens is 246 g/mol. The molecule has 1 rings (SSSR count). The lowest BCUT2D eigenvalue weighted by Crippen LogP contribution is -2.44. The van der Waals surface area contributed by atoms with E-state index in [-0.39, 0.29) is 6.54 Å². The maximum absolute atomic E-state index is 11.7. The molecule has 6 heteroatoms. The zero-order valence-electron chi connectivity index (χ0n) is 11.8. The first-order valence-electron chi connectivity index (χ1n) is 6.69. The van der Waals surface area contributed by atoms with Crippen LogP contribution >= 0.6 is 0 Å². The van der Waals surface area contributed by atoms with Crippen molar-refractivity contribution in [1.82, 2.24) is 10.5 Å². The van der Waals surface area contributed by atoms with Gasteiger partial charge in [0.1, 0.15) is 0 Å². The Balaban J connectivity index is 2.43. The van der Waals surface area contributed by atoms with E-state index in [9.17, 15) is 9.90 Å². The third kappa shape index (κ3) is 5.30. The average Bonchev–Trinajstić information content (AvgIpc) is 2.73. The largest absolute Gasteiger partial charge is 0.388 e. The summed E-state index contributed by atoms with van der Waals surface area (Å²) < 4.78 is 4.88. The van der Waals surface area contributed by atoms with Gasteiger partial charge in [0.15, 0.2) is 0 Å². The summed E-state index contributed by atoms with van der Waals surface area (Å²) in [5.41, 5.74) is -0.137. The highest BCUT2D eigenvalue weighted by Crippen LogP contribution is 2.18. The Kier molecular flexibility index (Phi) is 5.82. The van der Waals surface area contributed by atoms with E-state index in [2.05, 4.69) is 15.8 Å². The minimum absolute atomic E-state index is 0.230. The lowest BCUT2D eigenvalue weighted by Gasteiger charge is -2.27. The molecule has 0 fully saturated rings. The zero-order valence-corrected chi connectivity index (χ0v) is 11.8. The van der Waals surface area contributed by atoms with Crippen molar-refractivity contribution < 1.29 is 14.4 Å². The van der Waals surface area contributed by atoms with Gasteiger partial charge in [-0.05, 0) is 19.8 Å². The van der Waals surface area contributed by atoms with Crippen LogP contribution in [-0.4, -0.2) is 28.4 Å². The molecule has 2 amide bonds. The van der Waals surface area contributed by atoms with Crippen molar-refractivity contribution in [2.75, 3.05) is 11.9 Å². The van der Waals surface area contributed by atoms with Crippen molar-refractivity contribution in [1.29, 1.82) is 0 Å². The van der Waals surface area contributed by atoms with Gasteiger partial charge in [0, 0.05) is 12.6 Å². The molecular formula is C13H23N3O3. The number of nitrogens with one attached hydrogen (secondary N) is 2. The van der Waals surface area contributed by atoms with Gasteiger partial charge in [-0.3, -0.25) is 5.32 Å². The Labute approximate surface area is 113 Å². The molecule has 1 heterocycles. The van der Waals surface area contributed by atoms with Crippen LogP contribution in [0.1, 0.15) is 45.2 Å². The molecule has 0 unspecified atom stereocenters. The quantitative estimate of drug-likeness (QED) is 0.709. The molecule has 0 aliphatic carbocycles. The van der Waals surface area contributed by atoms with Gasteiger partial charge in [-0.1, -0.05) is 31.8 Å². The van der Waals surface area contributed by atoms with Gasteiger partial charge in [-0.2, -0.15) is 0 Å². The predicted molar refractivity (Wildman–Crippen MR) is 73.0 cm³/mol. The fourth-order valence-corrected chi connectivity index (χ4v) is 2.06. The van der Waals surface area contributed by atoms with E-state index in [1.165, 1.54) is 0 Å². The number of hydrogen-bond acceptors (Lipinski definition) is 4. The number of hydrogen-bond donors (Lipinski definition) is 3. The van der Waals surface area contributed by atoms with Crippen LogP contribution in [0.5, 0.6) is 0 Å². The van der Waals surface area contributed by atoms with E-state index in [0.717, 1.165) is 12.8 Å². The Morgan fingerprint density at radius 2 is 2.05 bits per heavy atom. The third-order valence-corrected chi connectivity index (χ3v) is 2.87. The van der Waals surface area contributed by atoms with Gasteiger partial charge < -0.3 is 14.9 Å². The first-order valence-corrected chi connectivity index (χ1v) is 6.69. The summed E-state index contributed by atoms with van der Waals surface area (Å²) in [7, 11) is 0. The molecule has 0 bridgehead atoms. The van der Waals surface area contributed by atoms with Crippen LogP contribution in [-0.2, 0) is 0 Å². The van der Waals surface area contributed by atoms with Crippen molar-refractivity contribution in [2.45, 2.75) is 52.1 Å². The normalized spacial score (nSPS) is 11.4. The SMILES string of the molecule is CCCC(O)(CCC)CNC(=O)Nc1cc(C)no1. The average molecular weight is 269 g/mol. The number of carbonyl (C=O) groups excluding carboxylic acids is 1. The number of carbonyl (C=O) groups is 1.